The van der Waals surface area contributed by atoms with E-state index in [1.807, 2.05) is 4.68 Å². The van der Waals surface area contributed by atoms with Crippen LogP contribution in [0.25, 0.3) is 0 Å². The Balaban J connectivity index is 2.37. The zero-order chi connectivity index (χ0) is 13.6. The highest BCUT2D eigenvalue weighted by atomic mass is 32.2. The lowest BCUT2D eigenvalue weighted by Gasteiger charge is -2.06. The minimum Gasteiger partial charge on any atom is -0.311 e. The van der Waals surface area contributed by atoms with Crippen molar-refractivity contribution in [1.82, 2.24) is 15.1 Å². The van der Waals surface area contributed by atoms with Gasteiger partial charge in [0.05, 0.1) is 17.1 Å². The topological polar surface area (TPSA) is 64.0 Å². The Morgan fingerprint density at radius 2 is 2.11 bits per heavy atom. The maximum atomic E-state index is 11.0. The van der Waals surface area contributed by atoms with E-state index in [9.17, 15) is 8.42 Å². The molecule has 0 amide bonds. The number of sulfone groups is 1. The molecule has 0 aliphatic carbocycles. The average molecular weight is 273 g/mol. The molecule has 0 radical (unpaired) electrons. The second-order valence-electron chi connectivity index (χ2n) is 4.46. The van der Waals surface area contributed by atoms with Crippen LogP contribution in [-0.4, -0.2) is 36.8 Å². The Morgan fingerprint density at radius 1 is 1.39 bits per heavy atom. The summed E-state index contributed by atoms with van der Waals surface area (Å²) in [5.41, 5.74) is 2.26. The van der Waals surface area contributed by atoms with Crippen molar-refractivity contribution in [2.24, 2.45) is 0 Å². The SMILES string of the molecule is CCc1cc(CNCCCS(C)(=O)=O)n(CC)n1. The molecule has 0 fully saturated rings. The first-order chi connectivity index (χ1) is 8.46. The van der Waals surface area contributed by atoms with Crippen LogP contribution in [-0.2, 0) is 29.3 Å². The van der Waals surface area contributed by atoms with E-state index >= 15 is 0 Å². The average Bonchev–Trinajstić information content (AvgIpc) is 2.69. The predicted octanol–water partition coefficient (Wildman–Crippen LogP) is 0.990. The molecule has 0 saturated heterocycles. The number of aryl methyl sites for hydroxylation is 2. The van der Waals surface area contributed by atoms with E-state index < -0.39 is 9.84 Å². The van der Waals surface area contributed by atoms with Crippen LogP contribution in [0, 0.1) is 0 Å². The smallest absolute Gasteiger partial charge is 0.147 e. The molecular weight excluding hydrogens is 250 g/mol. The van der Waals surface area contributed by atoms with E-state index in [1.165, 1.54) is 6.26 Å². The zero-order valence-corrected chi connectivity index (χ0v) is 12.3. The fourth-order valence-corrected chi connectivity index (χ4v) is 2.45. The lowest BCUT2D eigenvalue weighted by Crippen LogP contribution is -2.19. The molecule has 18 heavy (non-hydrogen) atoms. The molecule has 5 nitrogen and oxygen atoms in total. The molecule has 0 spiro atoms. The normalized spacial score (nSPS) is 11.9. The van der Waals surface area contributed by atoms with Gasteiger partial charge in [-0.05, 0) is 32.4 Å². The third kappa shape index (κ3) is 5.18. The standard InChI is InChI=1S/C12H23N3O2S/c1-4-11-9-12(15(5-2)14-11)10-13-7-6-8-18(3,16)17/h9,13H,4-8,10H2,1-3H3. The van der Waals surface area contributed by atoms with Gasteiger partial charge >= 0.3 is 0 Å². The van der Waals surface area contributed by atoms with Gasteiger partial charge in [-0.3, -0.25) is 4.68 Å². The molecule has 1 heterocycles. The highest BCUT2D eigenvalue weighted by Crippen LogP contribution is 2.05. The molecule has 0 aliphatic rings. The lowest BCUT2D eigenvalue weighted by atomic mass is 10.3. The number of nitrogens with zero attached hydrogens (tertiary/aromatic N) is 2. The van der Waals surface area contributed by atoms with Crippen molar-refractivity contribution >= 4 is 9.84 Å². The van der Waals surface area contributed by atoms with Gasteiger partial charge in [-0.15, -0.1) is 0 Å². The van der Waals surface area contributed by atoms with Gasteiger partial charge in [0.15, 0.2) is 0 Å². The summed E-state index contributed by atoms with van der Waals surface area (Å²) in [6.07, 6.45) is 2.86. The monoisotopic (exact) mass is 273 g/mol. The number of aromatic nitrogens is 2. The van der Waals surface area contributed by atoms with Gasteiger partial charge < -0.3 is 5.32 Å². The van der Waals surface area contributed by atoms with Crippen molar-refractivity contribution in [2.75, 3.05) is 18.6 Å². The quantitative estimate of drug-likeness (QED) is 0.717. The van der Waals surface area contributed by atoms with Crippen molar-refractivity contribution < 1.29 is 8.42 Å². The molecule has 0 aliphatic heterocycles. The first kappa shape index (κ1) is 15.2. The third-order valence-electron chi connectivity index (χ3n) is 2.75. The van der Waals surface area contributed by atoms with Gasteiger partial charge in [-0.25, -0.2) is 8.42 Å². The van der Waals surface area contributed by atoms with Crippen LogP contribution >= 0.6 is 0 Å². The van der Waals surface area contributed by atoms with Gasteiger partial charge in [-0.2, -0.15) is 5.10 Å². The van der Waals surface area contributed by atoms with E-state index in [2.05, 4.69) is 30.3 Å². The van der Waals surface area contributed by atoms with Gasteiger partial charge in [0.25, 0.3) is 0 Å². The maximum Gasteiger partial charge on any atom is 0.147 e. The highest BCUT2D eigenvalue weighted by Gasteiger charge is 2.05. The summed E-state index contributed by atoms with van der Waals surface area (Å²) < 4.78 is 23.9. The summed E-state index contributed by atoms with van der Waals surface area (Å²) in [5.74, 6) is 0.243. The summed E-state index contributed by atoms with van der Waals surface area (Å²) in [6, 6.07) is 2.10. The van der Waals surface area contributed by atoms with Crippen LogP contribution in [0.3, 0.4) is 0 Å². The number of nitrogens with one attached hydrogen (secondary N) is 1. The minimum atomic E-state index is -2.84. The molecule has 0 unspecified atom stereocenters. The molecule has 0 saturated carbocycles. The summed E-state index contributed by atoms with van der Waals surface area (Å²) in [5, 5.41) is 7.73. The van der Waals surface area contributed by atoms with Crippen molar-refractivity contribution in [2.45, 2.75) is 39.8 Å². The molecular formula is C12H23N3O2S. The molecule has 0 aromatic carbocycles. The van der Waals surface area contributed by atoms with E-state index in [4.69, 9.17) is 0 Å². The van der Waals surface area contributed by atoms with Crippen molar-refractivity contribution in [3.63, 3.8) is 0 Å². The van der Waals surface area contributed by atoms with Gasteiger partial charge in [0.1, 0.15) is 9.84 Å². The first-order valence-electron chi connectivity index (χ1n) is 6.40. The fourth-order valence-electron chi connectivity index (χ4n) is 1.78. The zero-order valence-electron chi connectivity index (χ0n) is 11.4. The summed E-state index contributed by atoms with van der Waals surface area (Å²) in [6.45, 7) is 6.47. The summed E-state index contributed by atoms with van der Waals surface area (Å²) in [4.78, 5) is 0. The molecule has 0 atom stereocenters. The van der Waals surface area contributed by atoms with Crippen LogP contribution in [0.4, 0.5) is 0 Å². The largest absolute Gasteiger partial charge is 0.311 e. The fraction of sp³-hybridized carbons (Fsp3) is 0.750. The lowest BCUT2D eigenvalue weighted by molar-refractivity contribution is 0.571. The van der Waals surface area contributed by atoms with Crippen molar-refractivity contribution in [1.29, 1.82) is 0 Å². The van der Waals surface area contributed by atoms with E-state index in [-0.39, 0.29) is 5.75 Å². The van der Waals surface area contributed by atoms with Crippen LogP contribution in [0.2, 0.25) is 0 Å². The van der Waals surface area contributed by atoms with Gasteiger partial charge in [0.2, 0.25) is 0 Å². The second-order valence-corrected chi connectivity index (χ2v) is 6.72. The number of hydrogen-bond acceptors (Lipinski definition) is 4. The number of rotatable bonds is 8. The molecule has 1 rings (SSSR count). The van der Waals surface area contributed by atoms with E-state index in [0.717, 1.165) is 30.9 Å². The Labute approximate surface area is 109 Å². The van der Waals surface area contributed by atoms with Crippen LogP contribution < -0.4 is 5.32 Å². The Morgan fingerprint density at radius 3 is 2.67 bits per heavy atom. The Bertz CT molecular complexity index is 466. The van der Waals surface area contributed by atoms with Crippen LogP contribution in [0.5, 0.6) is 0 Å². The van der Waals surface area contributed by atoms with Crippen LogP contribution in [0.15, 0.2) is 6.07 Å². The van der Waals surface area contributed by atoms with Gasteiger partial charge in [-0.1, -0.05) is 6.92 Å². The van der Waals surface area contributed by atoms with Crippen molar-refractivity contribution in [3.8, 4) is 0 Å². The molecule has 0 bridgehead atoms. The molecule has 1 aromatic rings. The number of hydrogen-bond donors (Lipinski definition) is 1. The molecule has 1 aromatic heterocycles. The molecule has 1 N–H and O–H groups in total. The Kier molecular flexibility index (Phi) is 5.81. The molecule has 6 heteroatoms. The van der Waals surface area contributed by atoms with E-state index in [0.29, 0.717) is 13.0 Å². The third-order valence-corrected chi connectivity index (χ3v) is 3.78. The Hall–Kier alpha value is -0.880. The van der Waals surface area contributed by atoms with E-state index in [1.54, 1.807) is 0 Å². The molecule has 104 valence electrons. The summed E-state index contributed by atoms with van der Waals surface area (Å²) in [7, 11) is -2.84. The first-order valence-corrected chi connectivity index (χ1v) is 8.46. The van der Waals surface area contributed by atoms with Crippen LogP contribution in [0.1, 0.15) is 31.7 Å². The van der Waals surface area contributed by atoms with Gasteiger partial charge in [0, 0.05) is 19.3 Å². The maximum absolute atomic E-state index is 11.0. The minimum absolute atomic E-state index is 0.243. The summed E-state index contributed by atoms with van der Waals surface area (Å²) >= 11 is 0. The predicted molar refractivity (Wildman–Crippen MR) is 73.3 cm³/mol. The van der Waals surface area contributed by atoms with Crippen molar-refractivity contribution in [3.05, 3.63) is 17.5 Å². The second kappa shape index (κ2) is 6.89. The highest BCUT2D eigenvalue weighted by molar-refractivity contribution is 7.90.